The van der Waals surface area contributed by atoms with Crippen molar-refractivity contribution in [2.24, 2.45) is 0 Å². The van der Waals surface area contributed by atoms with Crippen molar-refractivity contribution >= 4 is 11.6 Å². The van der Waals surface area contributed by atoms with Gasteiger partial charge in [0.25, 0.3) is 5.91 Å². The lowest BCUT2D eigenvalue weighted by atomic mass is 10.1. The summed E-state index contributed by atoms with van der Waals surface area (Å²) >= 11 is 0. The molecule has 0 saturated carbocycles. The van der Waals surface area contributed by atoms with E-state index in [0.717, 1.165) is 16.7 Å². The second kappa shape index (κ2) is 5.28. The lowest BCUT2D eigenvalue weighted by Gasteiger charge is -2.09. The van der Waals surface area contributed by atoms with Crippen LogP contribution in [0.1, 0.15) is 33.0 Å². The Labute approximate surface area is 112 Å². The van der Waals surface area contributed by atoms with Gasteiger partial charge in [-0.3, -0.25) is 4.79 Å². The first-order chi connectivity index (χ1) is 9.01. The van der Waals surface area contributed by atoms with Crippen molar-refractivity contribution in [1.29, 1.82) is 0 Å². The third-order valence-electron chi connectivity index (χ3n) is 2.98. The highest BCUT2D eigenvalue weighted by Gasteiger charge is 2.15. The first-order valence-corrected chi connectivity index (χ1v) is 6.10. The fourth-order valence-electron chi connectivity index (χ4n) is 1.95. The maximum absolute atomic E-state index is 12.1. The number of aliphatic hydroxyl groups is 1. The van der Waals surface area contributed by atoms with E-state index in [4.69, 9.17) is 9.52 Å². The van der Waals surface area contributed by atoms with Crippen molar-refractivity contribution in [3.8, 4) is 0 Å². The summed E-state index contributed by atoms with van der Waals surface area (Å²) in [6.07, 6.45) is 0. The number of rotatable bonds is 3. The molecule has 2 N–H and O–H groups in total. The average molecular weight is 259 g/mol. The molecule has 0 unspecified atom stereocenters. The molecule has 0 saturated heterocycles. The summed E-state index contributed by atoms with van der Waals surface area (Å²) in [5.41, 5.74) is 3.19. The van der Waals surface area contributed by atoms with Gasteiger partial charge in [-0.2, -0.15) is 0 Å². The molecular formula is C15H17NO3. The molecule has 4 nitrogen and oxygen atoms in total. The average Bonchev–Trinajstić information content (AvgIpc) is 2.71. The number of amides is 1. The van der Waals surface area contributed by atoms with Gasteiger partial charge in [-0.05, 0) is 44.0 Å². The van der Waals surface area contributed by atoms with Crippen LogP contribution < -0.4 is 5.32 Å². The lowest BCUT2D eigenvalue weighted by molar-refractivity contribution is 0.0994. The molecule has 1 amide bonds. The van der Waals surface area contributed by atoms with E-state index >= 15 is 0 Å². The first-order valence-electron chi connectivity index (χ1n) is 6.10. The highest BCUT2D eigenvalue weighted by atomic mass is 16.3. The molecule has 4 heteroatoms. The minimum absolute atomic E-state index is 0.0535. The van der Waals surface area contributed by atoms with Crippen LogP contribution in [0, 0.1) is 20.8 Å². The minimum atomic E-state index is -0.274. The van der Waals surface area contributed by atoms with E-state index in [1.165, 1.54) is 0 Å². The molecule has 0 radical (unpaired) electrons. The Balaban J connectivity index is 2.26. The molecule has 1 aromatic heterocycles. The Morgan fingerprint density at radius 1 is 1.21 bits per heavy atom. The van der Waals surface area contributed by atoms with Gasteiger partial charge in [0.15, 0.2) is 5.76 Å². The van der Waals surface area contributed by atoms with Crippen molar-refractivity contribution in [2.75, 3.05) is 5.32 Å². The van der Waals surface area contributed by atoms with Gasteiger partial charge >= 0.3 is 0 Å². The number of carbonyl (C=O) groups excluding carboxylic acids is 1. The number of hydrogen-bond donors (Lipinski definition) is 2. The van der Waals surface area contributed by atoms with Crippen LogP contribution in [0.3, 0.4) is 0 Å². The predicted molar refractivity (Wildman–Crippen MR) is 73.2 cm³/mol. The van der Waals surface area contributed by atoms with E-state index in [-0.39, 0.29) is 12.5 Å². The fourth-order valence-corrected chi connectivity index (χ4v) is 1.95. The lowest BCUT2D eigenvalue weighted by Crippen LogP contribution is -2.13. The summed E-state index contributed by atoms with van der Waals surface area (Å²) in [7, 11) is 0. The fraction of sp³-hybridized carbons (Fsp3) is 0.267. The molecule has 0 aliphatic rings. The topological polar surface area (TPSA) is 62.5 Å². The Bertz CT molecular complexity index is 614. The number of nitrogens with one attached hydrogen (secondary N) is 1. The smallest absolute Gasteiger partial charge is 0.291 e. The number of hydrogen-bond acceptors (Lipinski definition) is 3. The number of aliphatic hydroxyl groups excluding tert-OH is 1. The van der Waals surface area contributed by atoms with Gasteiger partial charge in [-0.25, -0.2) is 0 Å². The summed E-state index contributed by atoms with van der Waals surface area (Å²) in [5.74, 6) is 0.763. The molecule has 1 aromatic carbocycles. The van der Waals surface area contributed by atoms with Crippen LogP contribution in [0.4, 0.5) is 5.69 Å². The first kappa shape index (κ1) is 13.4. The van der Waals surface area contributed by atoms with E-state index in [1.807, 2.05) is 32.0 Å². The van der Waals surface area contributed by atoms with Crippen molar-refractivity contribution in [3.63, 3.8) is 0 Å². The number of benzene rings is 1. The molecule has 1 heterocycles. The molecule has 0 bridgehead atoms. The van der Waals surface area contributed by atoms with Crippen molar-refractivity contribution in [1.82, 2.24) is 0 Å². The van der Waals surface area contributed by atoms with Crippen LogP contribution in [-0.4, -0.2) is 11.0 Å². The predicted octanol–water partition coefficient (Wildman–Crippen LogP) is 2.95. The molecule has 19 heavy (non-hydrogen) atoms. The van der Waals surface area contributed by atoms with E-state index in [2.05, 4.69) is 5.32 Å². The minimum Gasteiger partial charge on any atom is -0.456 e. The second-order valence-electron chi connectivity index (χ2n) is 4.63. The summed E-state index contributed by atoms with van der Waals surface area (Å²) in [6.45, 7) is 5.49. The summed E-state index contributed by atoms with van der Waals surface area (Å²) < 4.78 is 5.38. The van der Waals surface area contributed by atoms with Crippen LogP contribution in [0.2, 0.25) is 0 Å². The third-order valence-corrected chi connectivity index (χ3v) is 2.98. The zero-order chi connectivity index (χ0) is 14.0. The zero-order valence-corrected chi connectivity index (χ0v) is 11.3. The maximum Gasteiger partial charge on any atom is 0.291 e. The Kier molecular flexibility index (Phi) is 3.71. The number of anilines is 1. The molecule has 0 aliphatic carbocycles. The summed E-state index contributed by atoms with van der Waals surface area (Å²) in [4.78, 5) is 12.1. The third kappa shape index (κ3) is 2.85. The molecule has 2 aromatic rings. The second-order valence-corrected chi connectivity index (χ2v) is 4.63. The Morgan fingerprint density at radius 3 is 2.53 bits per heavy atom. The van der Waals surface area contributed by atoms with Crippen LogP contribution in [0.5, 0.6) is 0 Å². The van der Waals surface area contributed by atoms with Crippen molar-refractivity contribution < 1.29 is 14.3 Å². The van der Waals surface area contributed by atoms with Gasteiger partial charge < -0.3 is 14.8 Å². The van der Waals surface area contributed by atoms with E-state index in [1.54, 1.807) is 13.0 Å². The van der Waals surface area contributed by atoms with Crippen LogP contribution in [-0.2, 0) is 6.61 Å². The molecule has 0 fully saturated rings. The summed E-state index contributed by atoms with van der Waals surface area (Å²) in [5, 5.41) is 11.9. The van der Waals surface area contributed by atoms with Crippen LogP contribution >= 0.6 is 0 Å². The van der Waals surface area contributed by atoms with Gasteiger partial charge in [0.2, 0.25) is 0 Å². The molecule has 0 aliphatic heterocycles. The van der Waals surface area contributed by atoms with Gasteiger partial charge in [-0.15, -0.1) is 0 Å². The van der Waals surface area contributed by atoms with Crippen LogP contribution in [0.25, 0.3) is 0 Å². The largest absolute Gasteiger partial charge is 0.456 e. The molecule has 0 spiro atoms. The number of carbonyl (C=O) groups is 1. The van der Waals surface area contributed by atoms with Gasteiger partial charge in [0.05, 0.1) is 6.61 Å². The number of aryl methyl sites for hydroxylation is 3. The summed E-state index contributed by atoms with van der Waals surface area (Å²) in [6, 6.07) is 7.28. The highest BCUT2D eigenvalue weighted by molar-refractivity contribution is 6.03. The van der Waals surface area contributed by atoms with Gasteiger partial charge in [0.1, 0.15) is 5.76 Å². The molecule has 100 valence electrons. The highest BCUT2D eigenvalue weighted by Crippen LogP contribution is 2.20. The normalized spacial score (nSPS) is 10.5. The van der Waals surface area contributed by atoms with Crippen molar-refractivity contribution in [3.05, 3.63) is 52.5 Å². The van der Waals surface area contributed by atoms with Crippen LogP contribution in [0.15, 0.2) is 28.7 Å². The van der Waals surface area contributed by atoms with E-state index in [0.29, 0.717) is 17.2 Å². The Morgan fingerprint density at radius 2 is 1.95 bits per heavy atom. The SMILES string of the molecule is Cc1cc(C)c(C(=O)Nc2cc(CO)ccc2C)o1. The Hall–Kier alpha value is -2.07. The van der Waals surface area contributed by atoms with Gasteiger partial charge in [0, 0.05) is 11.3 Å². The standard InChI is InChI=1S/C15H17NO3/c1-9-4-5-12(8-17)7-13(9)16-15(18)14-10(2)6-11(3)19-14/h4-7,17H,8H2,1-3H3,(H,16,18). The number of furan rings is 1. The maximum atomic E-state index is 12.1. The van der Waals surface area contributed by atoms with Crippen molar-refractivity contribution in [2.45, 2.75) is 27.4 Å². The quantitative estimate of drug-likeness (QED) is 0.890. The van der Waals surface area contributed by atoms with E-state index in [9.17, 15) is 4.79 Å². The molecular weight excluding hydrogens is 242 g/mol. The monoisotopic (exact) mass is 259 g/mol. The van der Waals surface area contributed by atoms with Gasteiger partial charge in [-0.1, -0.05) is 12.1 Å². The zero-order valence-electron chi connectivity index (χ0n) is 11.3. The molecule has 2 rings (SSSR count). The molecule has 0 atom stereocenters. The van der Waals surface area contributed by atoms with E-state index < -0.39 is 0 Å².